The maximum absolute atomic E-state index is 13.6. The standard InChI is InChI=1S/C30H32ClF3N4O4S/c1-17(2)10-22(36-27(40)42-29(3,4)5)16-37-26(39)25(43-28(37)41)12-18-6-9-24-20(11-18)14-35-38(24)15-19-7-8-21(31)13-23(19)30(32,33)34/h6-9,11-14,17,22H,10,15-16H2,1-5H3,(H,36,40)/b25-12-/t22-/m0/s1. The molecule has 4 rings (SSSR count). The van der Waals surface area contributed by atoms with Crippen LogP contribution in [-0.2, 0) is 22.3 Å². The molecule has 3 aromatic rings. The molecule has 13 heteroatoms. The van der Waals surface area contributed by atoms with Gasteiger partial charge in [-0.05, 0) is 86.3 Å². The molecule has 230 valence electrons. The van der Waals surface area contributed by atoms with Gasteiger partial charge in [-0.3, -0.25) is 19.2 Å². The van der Waals surface area contributed by atoms with Gasteiger partial charge < -0.3 is 10.1 Å². The van der Waals surface area contributed by atoms with Crippen molar-refractivity contribution in [2.75, 3.05) is 6.54 Å². The number of aromatic nitrogens is 2. The first-order valence-electron chi connectivity index (χ1n) is 13.6. The second kappa shape index (κ2) is 12.6. The van der Waals surface area contributed by atoms with Crippen molar-refractivity contribution in [3.63, 3.8) is 0 Å². The predicted octanol–water partition coefficient (Wildman–Crippen LogP) is 7.73. The van der Waals surface area contributed by atoms with Crippen LogP contribution in [0.2, 0.25) is 5.02 Å². The van der Waals surface area contributed by atoms with Gasteiger partial charge in [0.1, 0.15) is 5.60 Å². The maximum atomic E-state index is 13.6. The number of nitrogens with zero attached hydrogens (tertiary/aromatic N) is 3. The molecule has 2 aromatic carbocycles. The largest absolute Gasteiger partial charge is 0.444 e. The second-order valence-electron chi connectivity index (χ2n) is 11.7. The SMILES string of the molecule is CC(C)C[C@@H](CN1C(=O)S/C(=C\c2ccc3c(cnn3Cc3ccc(Cl)cc3C(F)(F)F)c2)C1=O)NC(=O)OC(C)(C)C. The van der Waals surface area contributed by atoms with Crippen molar-refractivity contribution < 1.29 is 32.3 Å². The molecule has 2 heterocycles. The van der Waals surface area contributed by atoms with Crippen molar-refractivity contribution in [3.05, 3.63) is 69.2 Å². The van der Waals surface area contributed by atoms with E-state index in [1.807, 2.05) is 13.8 Å². The minimum absolute atomic E-state index is 0.00412. The zero-order valence-corrected chi connectivity index (χ0v) is 25.9. The van der Waals surface area contributed by atoms with E-state index in [-0.39, 0.29) is 34.5 Å². The zero-order chi connectivity index (χ0) is 31.7. The molecule has 1 N–H and O–H groups in total. The number of hydrogen-bond acceptors (Lipinski definition) is 6. The third-order valence-electron chi connectivity index (χ3n) is 6.41. The van der Waals surface area contributed by atoms with Gasteiger partial charge in [-0.15, -0.1) is 0 Å². The summed E-state index contributed by atoms with van der Waals surface area (Å²) in [5, 5.41) is 7.23. The van der Waals surface area contributed by atoms with Gasteiger partial charge in [-0.2, -0.15) is 18.3 Å². The highest BCUT2D eigenvalue weighted by Gasteiger charge is 2.37. The number of ether oxygens (including phenoxy) is 1. The Bertz CT molecular complexity index is 1580. The van der Waals surface area contributed by atoms with Gasteiger partial charge in [-0.1, -0.05) is 37.6 Å². The van der Waals surface area contributed by atoms with Gasteiger partial charge in [0, 0.05) is 10.4 Å². The van der Waals surface area contributed by atoms with Crippen molar-refractivity contribution in [2.24, 2.45) is 5.92 Å². The third kappa shape index (κ3) is 8.32. The van der Waals surface area contributed by atoms with Gasteiger partial charge in [0.25, 0.3) is 11.1 Å². The number of fused-ring (bicyclic) bond motifs is 1. The number of thioether (sulfide) groups is 1. The molecule has 0 saturated carbocycles. The topological polar surface area (TPSA) is 93.5 Å². The number of alkyl carbamates (subject to hydrolysis) is 1. The van der Waals surface area contributed by atoms with Crippen LogP contribution in [-0.4, -0.2) is 50.1 Å². The highest BCUT2D eigenvalue weighted by Crippen LogP contribution is 2.35. The summed E-state index contributed by atoms with van der Waals surface area (Å²) in [6.45, 7) is 9.06. The molecule has 43 heavy (non-hydrogen) atoms. The summed E-state index contributed by atoms with van der Waals surface area (Å²) < 4.78 is 47.5. The van der Waals surface area contributed by atoms with Crippen LogP contribution in [0.5, 0.6) is 0 Å². The van der Waals surface area contributed by atoms with Crippen LogP contribution in [0, 0.1) is 5.92 Å². The highest BCUT2D eigenvalue weighted by molar-refractivity contribution is 8.18. The number of benzene rings is 2. The first kappa shape index (κ1) is 32.4. The molecule has 8 nitrogen and oxygen atoms in total. The van der Waals surface area contributed by atoms with Crippen molar-refractivity contribution in [2.45, 2.75) is 65.4 Å². The summed E-state index contributed by atoms with van der Waals surface area (Å²) in [5.41, 5.74) is -0.287. The van der Waals surface area contributed by atoms with Crippen LogP contribution in [0.4, 0.5) is 22.8 Å². The summed E-state index contributed by atoms with van der Waals surface area (Å²) in [6, 6.07) is 8.28. The lowest BCUT2D eigenvalue weighted by molar-refractivity contribution is -0.138. The van der Waals surface area contributed by atoms with E-state index >= 15 is 0 Å². The van der Waals surface area contributed by atoms with E-state index in [4.69, 9.17) is 16.3 Å². The van der Waals surface area contributed by atoms with E-state index in [2.05, 4.69) is 10.4 Å². The van der Waals surface area contributed by atoms with Crippen LogP contribution >= 0.6 is 23.4 Å². The Morgan fingerprint density at radius 3 is 2.51 bits per heavy atom. The number of alkyl halides is 3. The molecule has 0 unspecified atom stereocenters. The fourth-order valence-electron chi connectivity index (χ4n) is 4.68. The number of carbonyl (C=O) groups is 3. The van der Waals surface area contributed by atoms with E-state index in [1.165, 1.54) is 23.0 Å². The Balaban J connectivity index is 1.51. The lowest BCUT2D eigenvalue weighted by atomic mass is 10.0. The van der Waals surface area contributed by atoms with Gasteiger partial charge in [-0.25, -0.2) is 4.79 Å². The molecule has 0 aliphatic carbocycles. The molecule has 0 radical (unpaired) electrons. The second-order valence-corrected chi connectivity index (χ2v) is 13.1. The first-order chi connectivity index (χ1) is 20.0. The summed E-state index contributed by atoms with van der Waals surface area (Å²) in [7, 11) is 0. The van der Waals surface area contributed by atoms with E-state index in [0.717, 1.165) is 22.7 Å². The van der Waals surface area contributed by atoms with Gasteiger partial charge in [0.2, 0.25) is 0 Å². The molecule has 1 saturated heterocycles. The molecule has 3 amide bonds. The Kier molecular flexibility index (Phi) is 9.51. The van der Waals surface area contributed by atoms with Crippen molar-refractivity contribution >= 4 is 57.6 Å². The number of nitrogens with one attached hydrogen (secondary N) is 1. The molecule has 1 aliphatic heterocycles. The lowest BCUT2D eigenvalue weighted by Gasteiger charge is -2.26. The molecule has 0 bridgehead atoms. The van der Waals surface area contributed by atoms with Gasteiger partial charge in [0.15, 0.2) is 0 Å². The Morgan fingerprint density at radius 2 is 1.86 bits per heavy atom. The summed E-state index contributed by atoms with van der Waals surface area (Å²) in [6.07, 6.45) is -1.55. The number of rotatable bonds is 8. The average Bonchev–Trinajstić information content (AvgIpc) is 3.38. The van der Waals surface area contributed by atoms with E-state index in [0.29, 0.717) is 22.9 Å². The summed E-state index contributed by atoms with van der Waals surface area (Å²) >= 11 is 6.60. The number of imide groups is 1. The molecule has 0 spiro atoms. The van der Waals surface area contributed by atoms with Crippen molar-refractivity contribution in [3.8, 4) is 0 Å². The molecule has 1 fully saturated rings. The van der Waals surface area contributed by atoms with Crippen molar-refractivity contribution in [1.29, 1.82) is 0 Å². The molecule has 1 aromatic heterocycles. The maximum Gasteiger partial charge on any atom is 0.416 e. The lowest BCUT2D eigenvalue weighted by Crippen LogP contribution is -2.47. The van der Waals surface area contributed by atoms with Crippen LogP contribution in [0.3, 0.4) is 0 Å². The van der Waals surface area contributed by atoms with E-state index in [9.17, 15) is 27.6 Å². The fourth-order valence-corrected chi connectivity index (χ4v) is 5.71. The minimum Gasteiger partial charge on any atom is -0.444 e. The first-order valence-corrected chi connectivity index (χ1v) is 14.8. The van der Waals surface area contributed by atoms with Crippen LogP contribution < -0.4 is 5.32 Å². The normalized spacial score (nSPS) is 16.0. The quantitative estimate of drug-likeness (QED) is 0.254. The molecular formula is C30H32ClF3N4O4S. The number of amides is 3. The number of carbonyl (C=O) groups excluding carboxylic acids is 3. The molecule has 1 aliphatic rings. The molecule has 1 atom stereocenters. The molecular weight excluding hydrogens is 605 g/mol. The number of hydrogen-bond donors (Lipinski definition) is 1. The van der Waals surface area contributed by atoms with E-state index in [1.54, 1.807) is 45.0 Å². The van der Waals surface area contributed by atoms with E-state index < -0.39 is 40.6 Å². The van der Waals surface area contributed by atoms with Gasteiger partial charge in [0.05, 0.1) is 41.3 Å². The van der Waals surface area contributed by atoms with Crippen LogP contribution in [0.1, 0.15) is 57.7 Å². The summed E-state index contributed by atoms with van der Waals surface area (Å²) in [4.78, 5) is 39.7. The van der Waals surface area contributed by atoms with Crippen LogP contribution in [0.25, 0.3) is 17.0 Å². The Labute approximate surface area is 256 Å². The Morgan fingerprint density at radius 1 is 1.14 bits per heavy atom. The number of halogens is 4. The Hall–Kier alpha value is -3.51. The monoisotopic (exact) mass is 636 g/mol. The van der Waals surface area contributed by atoms with Crippen LogP contribution in [0.15, 0.2) is 47.5 Å². The smallest absolute Gasteiger partial charge is 0.416 e. The van der Waals surface area contributed by atoms with Crippen molar-refractivity contribution in [1.82, 2.24) is 20.0 Å². The predicted molar refractivity (Wildman–Crippen MR) is 161 cm³/mol. The highest BCUT2D eigenvalue weighted by atomic mass is 35.5. The summed E-state index contributed by atoms with van der Waals surface area (Å²) in [5.74, 6) is -0.296. The average molecular weight is 637 g/mol. The third-order valence-corrected chi connectivity index (χ3v) is 7.56. The fraction of sp³-hybridized carbons (Fsp3) is 0.400. The minimum atomic E-state index is -4.57. The zero-order valence-electron chi connectivity index (χ0n) is 24.3. The van der Waals surface area contributed by atoms with Gasteiger partial charge >= 0.3 is 12.3 Å².